The lowest BCUT2D eigenvalue weighted by atomic mass is 9.90. The van der Waals surface area contributed by atoms with Crippen LogP contribution in [0.15, 0.2) is 30.5 Å². The van der Waals surface area contributed by atoms with Crippen molar-refractivity contribution in [2.24, 2.45) is 0 Å². The Balaban J connectivity index is 1.98. The van der Waals surface area contributed by atoms with Crippen molar-refractivity contribution in [3.05, 3.63) is 47.3 Å². The Kier molecular flexibility index (Phi) is 5.28. The van der Waals surface area contributed by atoms with Gasteiger partial charge >= 0.3 is 5.97 Å². The molecule has 1 atom stereocenters. The van der Waals surface area contributed by atoms with E-state index in [0.717, 1.165) is 58.6 Å². The van der Waals surface area contributed by atoms with E-state index in [2.05, 4.69) is 11.1 Å². The molecule has 1 aromatic carbocycles. The molecule has 1 N–H and O–H groups in total. The normalized spacial score (nSPS) is 14.8. The van der Waals surface area contributed by atoms with Crippen molar-refractivity contribution < 1.29 is 19.0 Å². The molecule has 3 heterocycles. The van der Waals surface area contributed by atoms with E-state index in [1.54, 1.807) is 0 Å². The number of esters is 1. The topological polar surface area (TPSA) is 73.4 Å². The van der Waals surface area contributed by atoms with Gasteiger partial charge in [-0.1, -0.05) is 6.07 Å². The maximum atomic E-state index is 12.8. The van der Waals surface area contributed by atoms with Gasteiger partial charge in [-0.15, -0.1) is 0 Å². The van der Waals surface area contributed by atoms with Gasteiger partial charge in [0.15, 0.2) is 6.10 Å². The molecule has 4 rings (SSSR count). The van der Waals surface area contributed by atoms with Crippen molar-refractivity contribution in [1.82, 2.24) is 9.97 Å². The molecule has 2 aromatic heterocycles. The molecule has 1 aliphatic heterocycles. The molecule has 0 radical (unpaired) electrons. The molecular formula is C24H28N2O4. The molecule has 158 valence electrons. The fourth-order valence-corrected chi connectivity index (χ4v) is 4.04. The van der Waals surface area contributed by atoms with Crippen LogP contribution < -0.4 is 4.74 Å². The predicted octanol–water partition coefficient (Wildman–Crippen LogP) is 4.89. The first-order chi connectivity index (χ1) is 14.3. The number of pyridine rings is 1. The zero-order chi connectivity index (χ0) is 21.5. The summed E-state index contributed by atoms with van der Waals surface area (Å²) in [5, 5.41) is 0.943. The molecule has 0 amide bonds. The van der Waals surface area contributed by atoms with E-state index < -0.39 is 17.7 Å². The number of rotatable bonds is 4. The van der Waals surface area contributed by atoms with E-state index in [4.69, 9.17) is 19.2 Å². The number of carbonyl (C=O) groups is 1. The summed E-state index contributed by atoms with van der Waals surface area (Å²) < 4.78 is 17.1. The third kappa shape index (κ3) is 3.79. The van der Waals surface area contributed by atoms with Gasteiger partial charge in [0.1, 0.15) is 11.4 Å². The van der Waals surface area contributed by atoms with Crippen molar-refractivity contribution in [3.8, 4) is 16.9 Å². The lowest BCUT2D eigenvalue weighted by Gasteiger charge is -2.29. The Morgan fingerprint density at radius 3 is 2.80 bits per heavy atom. The Labute approximate surface area is 176 Å². The number of nitrogens with zero attached hydrogens (tertiary/aromatic N) is 1. The first-order valence-corrected chi connectivity index (χ1v) is 10.3. The molecule has 30 heavy (non-hydrogen) atoms. The summed E-state index contributed by atoms with van der Waals surface area (Å²) in [6, 6.07) is 8.20. The van der Waals surface area contributed by atoms with Gasteiger partial charge in [0.2, 0.25) is 0 Å². The monoisotopic (exact) mass is 408 g/mol. The summed E-state index contributed by atoms with van der Waals surface area (Å²) >= 11 is 0. The van der Waals surface area contributed by atoms with E-state index in [1.165, 1.54) is 12.7 Å². The zero-order valence-electron chi connectivity index (χ0n) is 18.2. The third-order valence-electron chi connectivity index (χ3n) is 5.28. The average Bonchev–Trinajstić information content (AvgIpc) is 3.17. The van der Waals surface area contributed by atoms with Crippen LogP contribution in [0.2, 0.25) is 0 Å². The Morgan fingerprint density at radius 1 is 1.27 bits per heavy atom. The van der Waals surface area contributed by atoms with Gasteiger partial charge in [0.05, 0.1) is 19.3 Å². The van der Waals surface area contributed by atoms with Crippen molar-refractivity contribution in [1.29, 1.82) is 0 Å². The van der Waals surface area contributed by atoms with Crippen molar-refractivity contribution in [2.75, 3.05) is 13.7 Å². The number of carbonyl (C=O) groups excluding carboxylic acids is 1. The number of nitrogens with one attached hydrogen (secondary N) is 1. The van der Waals surface area contributed by atoms with Crippen LogP contribution in [0.4, 0.5) is 0 Å². The number of aromatic amines is 1. The number of fused-ring (bicyclic) bond motifs is 2. The highest BCUT2D eigenvalue weighted by Gasteiger charge is 2.33. The highest BCUT2D eigenvalue weighted by Crippen LogP contribution is 2.41. The Morgan fingerprint density at radius 2 is 2.07 bits per heavy atom. The summed E-state index contributed by atoms with van der Waals surface area (Å²) in [6.07, 6.45) is 2.95. The van der Waals surface area contributed by atoms with Gasteiger partial charge in [-0.2, -0.15) is 0 Å². The van der Waals surface area contributed by atoms with Crippen molar-refractivity contribution >= 4 is 17.0 Å². The minimum atomic E-state index is -0.885. The van der Waals surface area contributed by atoms with Gasteiger partial charge in [-0.25, -0.2) is 9.78 Å². The SMILES string of the molecule is COC(=O)[C@H](OC(C)(C)C)c1c(C)nc2[nH]ccc2c1-c1ccc2c(c1)CCCO2. The number of H-pyrrole nitrogens is 1. The van der Waals surface area contributed by atoms with Crippen LogP contribution in [0.25, 0.3) is 22.2 Å². The van der Waals surface area contributed by atoms with E-state index >= 15 is 0 Å². The molecule has 0 unspecified atom stereocenters. The molecule has 0 aliphatic carbocycles. The molecule has 0 spiro atoms. The molecular weight excluding hydrogens is 380 g/mol. The molecule has 6 heteroatoms. The molecule has 3 aromatic rings. The van der Waals surface area contributed by atoms with Crippen LogP contribution in [-0.4, -0.2) is 35.3 Å². The second-order valence-electron chi connectivity index (χ2n) is 8.63. The van der Waals surface area contributed by atoms with Gasteiger partial charge in [-0.05, 0) is 69.9 Å². The highest BCUT2D eigenvalue weighted by molar-refractivity contribution is 5.97. The van der Waals surface area contributed by atoms with Crippen molar-refractivity contribution in [2.45, 2.75) is 52.2 Å². The summed E-state index contributed by atoms with van der Waals surface area (Å²) in [5.41, 5.74) is 4.82. The van der Waals surface area contributed by atoms with Gasteiger partial charge in [-0.3, -0.25) is 0 Å². The van der Waals surface area contributed by atoms with Crippen LogP contribution in [0.3, 0.4) is 0 Å². The Bertz CT molecular complexity index is 1090. The largest absolute Gasteiger partial charge is 0.493 e. The van der Waals surface area contributed by atoms with Gasteiger partial charge in [0.25, 0.3) is 0 Å². The number of ether oxygens (including phenoxy) is 3. The fraction of sp³-hybridized carbons (Fsp3) is 0.417. The minimum Gasteiger partial charge on any atom is -0.493 e. The minimum absolute atomic E-state index is 0.438. The molecule has 0 saturated heterocycles. The van der Waals surface area contributed by atoms with E-state index in [9.17, 15) is 4.79 Å². The quantitative estimate of drug-likeness (QED) is 0.622. The molecule has 0 saturated carbocycles. The number of aryl methyl sites for hydroxylation is 2. The summed E-state index contributed by atoms with van der Waals surface area (Å²) in [7, 11) is 1.38. The highest BCUT2D eigenvalue weighted by atomic mass is 16.6. The lowest BCUT2D eigenvalue weighted by molar-refractivity contribution is -0.164. The number of hydrogen-bond donors (Lipinski definition) is 1. The smallest absolute Gasteiger partial charge is 0.339 e. The Hall–Kier alpha value is -2.86. The number of hydrogen-bond acceptors (Lipinski definition) is 5. The molecule has 0 bridgehead atoms. The number of benzene rings is 1. The molecule has 1 aliphatic rings. The van der Waals surface area contributed by atoms with Crippen molar-refractivity contribution in [3.63, 3.8) is 0 Å². The number of aromatic nitrogens is 2. The summed E-state index contributed by atoms with van der Waals surface area (Å²) in [5.74, 6) is 0.491. The van der Waals surface area contributed by atoms with Crippen LogP contribution in [0, 0.1) is 6.92 Å². The second-order valence-corrected chi connectivity index (χ2v) is 8.63. The average molecular weight is 408 g/mol. The predicted molar refractivity (Wildman–Crippen MR) is 116 cm³/mol. The van der Waals surface area contributed by atoms with E-state index in [1.807, 2.05) is 52.1 Å². The van der Waals surface area contributed by atoms with E-state index in [-0.39, 0.29) is 0 Å². The first-order valence-electron chi connectivity index (χ1n) is 10.3. The van der Waals surface area contributed by atoms with Crippen LogP contribution in [0.1, 0.15) is 50.1 Å². The van der Waals surface area contributed by atoms with Crippen LogP contribution >= 0.6 is 0 Å². The van der Waals surface area contributed by atoms with Crippen LogP contribution in [-0.2, 0) is 20.7 Å². The van der Waals surface area contributed by atoms with Crippen LogP contribution in [0.5, 0.6) is 5.75 Å². The summed E-state index contributed by atoms with van der Waals surface area (Å²) in [6.45, 7) is 8.43. The second kappa shape index (κ2) is 7.76. The maximum absolute atomic E-state index is 12.8. The molecule has 0 fully saturated rings. The maximum Gasteiger partial charge on any atom is 0.339 e. The lowest BCUT2D eigenvalue weighted by Crippen LogP contribution is -2.29. The molecule has 6 nitrogen and oxygen atoms in total. The van der Waals surface area contributed by atoms with Gasteiger partial charge < -0.3 is 19.2 Å². The van der Waals surface area contributed by atoms with E-state index in [0.29, 0.717) is 0 Å². The third-order valence-corrected chi connectivity index (χ3v) is 5.28. The van der Waals surface area contributed by atoms with Gasteiger partial charge in [0, 0.05) is 28.4 Å². The fourth-order valence-electron chi connectivity index (χ4n) is 4.04. The zero-order valence-corrected chi connectivity index (χ0v) is 18.2. The standard InChI is InChI=1S/C24H28N2O4/c1-14-19(21(23(27)28-5)30-24(2,3)4)20(17-10-11-25-22(17)26-14)16-8-9-18-15(13-16)7-6-12-29-18/h8-11,13,21H,6-7,12H2,1-5H3,(H,25,26)/t21-/m1/s1. The summed E-state index contributed by atoms with van der Waals surface area (Å²) in [4.78, 5) is 20.7. The first kappa shape index (κ1) is 20.4. The number of methoxy groups -OCH3 is 1.